The van der Waals surface area contributed by atoms with Crippen LogP contribution in [0.25, 0.3) is 0 Å². The van der Waals surface area contributed by atoms with Crippen LogP contribution in [-0.2, 0) is 9.59 Å². The van der Waals surface area contributed by atoms with E-state index in [1.807, 2.05) is 4.90 Å². The van der Waals surface area contributed by atoms with Crippen LogP contribution in [0.4, 0.5) is 0 Å². The average molecular weight is 396 g/mol. The predicted octanol–water partition coefficient (Wildman–Crippen LogP) is 1.18. The molecule has 0 radical (unpaired) electrons. The highest BCUT2D eigenvalue weighted by Crippen LogP contribution is 2.38. The van der Waals surface area contributed by atoms with Gasteiger partial charge in [-0.05, 0) is 38.7 Å². The van der Waals surface area contributed by atoms with Crippen LogP contribution < -0.4 is 5.73 Å². The zero-order valence-corrected chi connectivity index (χ0v) is 17.1. The third-order valence-electron chi connectivity index (χ3n) is 6.72. The number of piperazine rings is 1. The van der Waals surface area contributed by atoms with Gasteiger partial charge in [0.25, 0.3) is 0 Å². The normalized spacial score (nSPS) is 28.6. The molecule has 154 valence electrons. The molecule has 3 aliphatic rings. The maximum atomic E-state index is 13.1. The molecule has 2 bridgehead atoms. The molecule has 0 aliphatic carbocycles. The van der Waals surface area contributed by atoms with Crippen LogP contribution in [0.3, 0.4) is 0 Å². The van der Waals surface area contributed by atoms with Crippen LogP contribution >= 0.6 is 0 Å². The van der Waals surface area contributed by atoms with Crippen molar-refractivity contribution in [3.63, 3.8) is 0 Å². The zero-order valence-electron chi connectivity index (χ0n) is 17.1. The van der Waals surface area contributed by atoms with Crippen LogP contribution in [0.5, 0.6) is 0 Å². The van der Waals surface area contributed by atoms with Crippen LogP contribution in [0.2, 0.25) is 0 Å². The molecule has 4 rings (SSSR count). The van der Waals surface area contributed by atoms with E-state index in [0.29, 0.717) is 19.5 Å². The van der Waals surface area contributed by atoms with E-state index in [2.05, 4.69) is 49.1 Å². The summed E-state index contributed by atoms with van der Waals surface area (Å²) >= 11 is 0. The molecule has 0 aromatic heterocycles. The van der Waals surface area contributed by atoms with Crippen molar-refractivity contribution in [2.24, 2.45) is 5.73 Å². The Morgan fingerprint density at radius 2 is 2.07 bits per heavy atom. The molecule has 29 heavy (non-hydrogen) atoms. The predicted molar refractivity (Wildman–Crippen MR) is 109 cm³/mol. The van der Waals surface area contributed by atoms with Gasteiger partial charge in [-0.1, -0.05) is 29.8 Å². The van der Waals surface area contributed by atoms with E-state index >= 15 is 0 Å². The van der Waals surface area contributed by atoms with Gasteiger partial charge in [-0.3, -0.25) is 14.5 Å². The smallest absolute Gasteiger partial charge is 0.241 e. The van der Waals surface area contributed by atoms with Gasteiger partial charge >= 0.3 is 0 Å². The fourth-order valence-corrected chi connectivity index (χ4v) is 5.11. The number of aryl methyl sites for hydroxylation is 1. The lowest BCUT2D eigenvalue weighted by Gasteiger charge is -2.38. The quantitative estimate of drug-likeness (QED) is 0.808. The fraction of sp³-hybridized carbons (Fsp3) is 0.591. The van der Waals surface area contributed by atoms with Gasteiger partial charge in [-0.15, -0.1) is 0 Å². The van der Waals surface area contributed by atoms with Gasteiger partial charge in [0, 0.05) is 25.7 Å². The molecule has 7 heteroatoms. The molecule has 3 fully saturated rings. The maximum absolute atomic E-state index is 13.1. The summed E-state index contributed by atoms with van der Waals surface area (Å²) in [5.74, 6) is -0.0424. The highest BCUT2D eigenvalue weighted by Gasteiger charge is 2.51. The van der Waals surface area contributed by atoms with Gasteiger partial charge in [0.2, 0.25) is 11.8 Å². The first-order chi connectivity index (χ1) is 13.9. The number of nitrogens with two attached hydrogens (primary N) is 1. The topological polar surface area (TPSA) is 93.7 Å². The number of amides is 2. The zero-order chi connectivity index (χ0) is 20.7. The van der Waals surface area contributed by atoms with E-state index in [0.717, 1.165) is 24.9 Å². The minimum Gasteiger partial charge on any atom is -0.330 e. The lowest BCUT2D eigenvalue weighted by molar-refractivity contribution is -0.140. The highest BCUT2D eigenvalue weighted by molar-refractivity contribution is 5.87. The lowest BCUT2D eigenvalue weighted by atomic mass is 10.0. The minimum absolute atomic E-state index is 0.0385. The number of fused-ring (bicyclic) bond motifs is 2. The molecular weight excluding hydrogens is 366 g/mol. The summed E-state index contributed by atoms with van der Waals surface area (Å²) in [6.45, 7) is 5.85. The number of hydrogen-bond acceptors (Lipinski definition) is 5. The van der Waals surface area contributed by atoms with Crippen molar-refractivity contribution >= 4 is 11.8 Å². The molecule has 3 saturated heterocycles. The van der Waals surface area contributed by atoms with Crippen molar-refractivity contribution in [2.45, 2.75) is 63.3 Å². The number of likely N-dealkylation sites (tertiary alicyclic amines) is 3. The first-order valence-corrected chi connectivity index (χ1v) is 10.5. The Bertz CT molecular complexity index is 833. The van der Waals surface area contributed by atoms with E-state index in [-0.39, 0.29) is 36.0 Å². The number of nitrogens with zero attached hydrogens (tertiary/aromatic N) is 4. The van der Waals surface area contributed by atoms with Crippen molar-refractivity contribution < 1.29 is 9.59 Å². The summed E-state index contributed by atoms with van der Waals surface area (Å²) in [5, 5.41) is 9.22. The SMILES string of the molecule is Cc1ccc([C@H](C)N2C(=O)[C@H]3CC2CN3C[C@H](N)C(=O)N2CCC[C@H]2C#N)cc1. The Hall–Kier alpha value is -2.43. The Balaban J connectivity index is 1.39. The van der Waals surface area contributed by atoms with E-state index in [1.54, 1.807) is 4.90 Å². The average Bonchev–Trinajstić information content (AvgIpc) is 3.41. The minimum atomic E-state index is -0.695. The van der Waals surface area contributed by atoms with Crippen molar-refractivity contribution in [2.75, 3.05) is 19.6 Å². The molecule has 1 aromatic rings. The summed E-state index contributed by atoms with van der Waals surface area (Å²) in [6, 6.07) is 9.47. The lowest BCUT2D eigenvalue weighted by Crippen LogP contribution is -2.56. The second-order valence-corrected chi connectivity index (χ2v) is 8.62. The van der Waals surface area contributed by atoms with Crippen LogP contribution in [0.15, 0.2) is 24.3 Å². The van der Waals surface area contributed by atoms with Crippen molar-refractivity contribution in [1.82, 2.24) is 14.7 Å². The number of nitriles is 1. The highest BCUT2D eigenvalue weighted by atomic mass is 16.2. The molecule has 2 amide bonds. The number of carbonyl (C=O) groups is 2. The fourth-order valence-electron chi connectivity index (χ4n) is 5.11. The number of benzene rings is 1. The summed E-state index contributed by atoms with van der Waals surface area (Å²) in [5.41, 5.74) is 8.55. The van der Waals surface area contributed by atoms with E-state index in [1.165, 1.54) is 5.56 Å². The summed E-state index contributed by atoms with van der Waals surface area (Å²) in [4.78, 5) is 31.4. The second-order valence-electron chi connectivity index (χ2n) is 8.62. The van der Waals surface area contributed by atoms with Crippen LogP contribution in [-0.4, -0.2) is 70.3 Å². The largest absolute Gasteiger partial charge is 0.330 e. The van der Waals surface area contributed by atoms with Gasteiger partial charge in [-0.25, -0.2) is 0 Å². The molecule has 1 aromatic carbocycles. The monoisotopic (exact) mass is 395 g/mol. The molecule has 7 nitrogen and oxygen atoms in total. The first kappa shape index (κ1) is 19.9. The van der Waals surface area contributed by atoms with Gasteiger partial charge in [0.05, 0.1) is 24.2 Å². The number of carbonyl (C=O) groups excluding carboxylic acids is 2. The molecular formula is C22H29N5O2. The van der Waals surface area contributed by atoms with Crippen LogP contribution in [0, 0.1) is 18.3 Å². The van der Waals surface area contributed by atoms with Crippen molar-refractivity contribution in [3.05, 3.63) is 35.4 Å². The van der Waals surface area contributed by atoms with Crippen molar-refractivity contribution in [3.8, 4) is 6.07 Å². The van der Waals surface area contributed by atoms with Gasteiger partial charge in [-0.2, -0.15) is 5.26 Å². The van der Waals surface area contributed by atoms with E-state index in [4.69, 9.17) is 5.73 Å². The summed E-state index contributed by atoms with van der Waals surface area (Å²) < 4.78 is 0. The van der Waals surface area contributed by atoms with E-state index < -0.39 is 6.04 Å². The maximum Gasteiger partial charge on any atom is 0.241 e. The Morgan fingerprint density at radius 3 is 2.72 bits per heavy atom. The van der Waals surface area contributed by atoms with E-state index in [9.17, 15) is 14.9 Å². The molecule has 3 heterocycles. The van der Waals surface area contributed by atoms with Crippen LogP contribution in [0.1, 0.15) is 43.4 Å². The summed E-state index contributed by atoms with van der Waals surface area (Å²) in [7, 11) is 0. The Morgan fingerprint density at radius 1 is 1.34 bits per heavy atom. The van der Waals surface area contributed by atoms with Gasteiger partial charge in [0.15, 0.2) is 0 Å². The summed E-state index contributed by atoms with van der Waals surface area (Å²) in [6.07, 6.45) is 2.35. The Labute approximate surface area is 172 Å². The molecule has 1 unspecified atom stereocenters. The molecule has 3 aliphatic heterocycles. The number of hydrogen-bond donors (Lipinski definition) is 1. The third kappa shape index (κ3) is 3.52. The Kier molecular flexibility index (Phi) is 5.32. The van der Waals surface area contributed by atoms with Gasteiger partial charge in [0.1, 0.15) is 6.04 Å². The first-order valence-electron chi connectivity index (χ1n) is 10.5. The number of rotatable bonds is 5. The van der Waals surface area contributed by atoms with Crippen molar-refractivity contribution in [1.29, 1.82) is 5.26 Å². The third-order valence-corrected chi connectivity index (χ3v) is 6.72. The molecule has 0 spiro atoms. The molecule has 0 saturated carbocycles. The second kappa shape index (κ2) is 7.77. The molecule has 2 N–H and O–H groups in total. The molecule has 5 atom stereocenters. The van der Waals surface area contributed by atoms with Gasteiger partial charge < -0.3 is 15.5 Å². The standard InChI is InChI=1S/C22H29N5O2/c1-14-5-7-16(8-6-14)15(2)27-18-10-20(22(27)29)25(12-18)13-19(24)21(28)26-9-3-4-17(26)11-23/h5-8,15,17-20H,3-4,9-10,12-13,24H2,1-2H3/t15-,17-,18?,19-,20+/m0/s1.